The molecule has 2 aromatic carbocycles. The van der Waals surface area contributed by atoms with Gasteiger partial charge in [-0.1, -0.05) is 42.5 Å². The number of hydrogen-bond donors (Lipinski definition) is 0. The van der Waals surface area contributed by atoms with Crippen molar-refractivity contribution in [2.75, 3.05) is 0 Å². The summed E-state index contributed by atoms with van der Waals surface area (Å²) in [7, 11) is 0. The molecule has 0 spiro atoms. The number of fused-ring (bicyclic) bond motifs is 1. The fraction of sp³-hybridized carbons (Fsp3) is 0. The van der Waals surface area contributed by atoms with Crippen molar-refractivity contribution in [2.45, 2.75) is 0 Å². The van der Waals surface area contributed by atoms with Gasteiger partial charge in [-0.2, -0.15) is 0 Å². The van der Waals surface area contributed by atoms with Crippen LogP contribution in [0.1, 0.15) is 10.4 Å². The fourth-order valence-corrected chi connectivity index (χ4v) is 2.12. The van der Waals surface area contributed by atoms with E-state index in [9.17, 15) is 14.7 Å². The smallest absolute Gasteiger partial charge is 0.545 e. The zero-order chi connectivity index (χ0) is 14.1. The van der Waals surface area contributed by atoms with Crippen molar-refractivity contribution in [2.24, 2.45) is 0 Å². The Labute approximate surface area is 142 Å². The van der Waals surface area contributed by atoms with Crippen LogP contribution < -0.4 is 40.1 Å². The van der Waals surface area contributed by atoms with E-state index in [-0.39, 0.29) is 40.7 Å². The number of carboxylic acids is 1. The third-order valence-electron chi connectivity index (χ3n) is 3.04. The number of rotatable bonds is 2. The van der Waals surface area contributed by atoms with Crippen molar-refractivity contribution in [1.82, 2.24) is 0 Å². The zero-order valence-electron chi connectivity index (χ0n) is 11.3. The Balaban J connectivity index is 0.00000161. The predicted molar refractivity (Wildman–Crippen MR) is 72.3 cm³/mol. The molecule has 1 aromatic heterocycles. The molecule has 3 aromatic rings. The van der Waals surface area contributed by atoms with Crippen molar-refractivity contribution in [3.8, 4) is 11.3 Å². The molecule has 21 heavy (non-hydrogen) atoms. The first kappa shape index (κ1) is 15.5. The maximum atomic E-state index is 12.3. The molecule has 0 saturated heterocycles. The maximum Gasteiger partial charge on any atom is 1.00 e. The quantitative estimate of drug-likeness (QED) is 0.557. The van der Waals surface area contributed by atoms with Crippen LogP contribution in [-0.4, -0.2) is 5.97 Å². The summed E-state index contributed by atoms with van der Waals surface area (Å²) < 4.78 is 5.60. The minimum atomic E-state index is -1.54. The normalized spacial score (nSPS) is 10.1. The van der Waals surface area contributed by atoms with Crippen LogP contribution in [0, 0.1) is 0 Å². The van der Waals surface area contributed by atoms with Crippen molar-refractivity contribution in [3.05, 3.63) is 70.4 Å². The average molecular weight is 288 g/mol. The monoisotopic (exact) mass is 288 g/mol. The summed E-state index contributed by atoms with van der Waals surface area (Å²) in [5.41, 5.74) is -0.170. The standard InChI is InChI=1S/C16H10O4.Na/c17-14-11-8-4-5-9-12(11)20-15(13(14)16(18)19)10-6-2-1-3-7-10;/h1-9H,(H,18,19);/q;+1/p-1. The molecule has 0 aliphatic carbocycles. The van der Waals surface area contributed by atoms with Gasteiger partial charge in [-0.3, -0.25) is 4.79 Å². The molecule has 0 bridgehead atoms. The molecule has 0 saturated carbocycles. The van der Waals surface area contributed by atoms with Crippen LogP contribution in [0.5, 0.6) is 0 Å². The number of hydrogen-bond acceptors (Lipinski definition) is 4. The Hall–Kier alpha value is -1.88. The average Bonchev–Trinajstić information content (AvgIpc) is 2.47. The van der Waals surface area contributed by atoms with Crippen LogP contribution in [0.4, 0.5) is 0 Å². The molecule has 0 fully saturated rings. The Morgan fingerprint density at radius 1 is 0.952 bits per heavy atom. The molecular weight excluding hydrogens is 279 g/mol. The summed E-state index contributed by atoms with van der Waals surface area (Å²) in [4.78, 5) is 23.6. The maximum absolute atomic E-state index is 12.3. The molecule has 0 amide bonds. The Morgan fingerprint density at radius 2 is 1.57 bits per heavy atom. The predicted octanol–water partition coefficient (Wildman–Crippen LogP) is -1.17. The number of carbonyl (C=O) groups excluding carboxylic acids is 1. The topological polar surface area (TPSA) is 70.3 Å². The summed E-state index contributed by atoms with van der Waals surface area (Å²) >= 11 is 0. The van der Waals surface area contributed by atoms with Gasteiger partial charge < -0.3 is 14.3 Å². The largest absolute Gasteiger partial charge is 1.00 e. The second-order valence-corrected chi connectivity index (χ2v) is 4.28. The summed E-state index contributed by atoms with van der Waals surface area (Å²) in [5, 5.41) is 11.5. The van der Waals surface area contributed by atoms with Gasteiger partial charge in [0.05, 0.1) is 16.9 Å². The second kappa shape index (κ2) is 6.26. The van der Waals surface area contributed by atoms with Crippen LogP contribution in [0.15, 0.2) is 63.8 Å². The molecule has 5 heteroatoms. The molecule has 1 heterocycles. The Morgan fingerprint density at radius 3 is 2.24 bits per heavy atom. The molecule has 0 radical (unpaired) electrons. The fourth-order valence-electron chi connectivity index (χ4n) is 2.12. The second-order valence-electron chi connectivity index (χ2n) is 4.28. The molecule has 98 valence electrons. The first-order chi connectivity index (χ1) is 9.68. The third kappa shape index (κ3) is 2.78. The summed E-state index contributed by atoms with van der Waals surface area (Å²) in [6.45, 7) is 0. The molecular formula is C16H9NaO4. The Kier molecular flexibility index (Phi) is 4.63. The van der Waals surface area contributed by atoms with Gasteiger partial charge in [0.2, 0.25) is 5.43 Å². The molecule has 0 N–H and O–H groups in total. The SMILES string of the molecule is O=C([O-])c1c(-c2ccccc2)oc2ccccc2c1=O.[Na+]. The first-order valence-corrected chi connectivity index (χ1v) is 6.01. The van der Waals surface area contributed by atoms with Crippen molar-refractivity contribution in [3.63, 3.8) is 0 Å². The van der Waals surface area contributed by atoms with E-state index in [0.717, 1.165) is 0 Å². The van der Waals surface area contributed by atoms with Crippen LogP contribution in [0.3, 0.4) is 0 Å². The number of para-hydroxylation sites is 1. The van der Waals surface area contributed by atoms with Gasteiger partial charge in [-0.25, -0.2) is 0 Å². The van der Waals surface area contributed by atoms with Gasteiger partial charge >= 0.3 is 29.6 Å². The minimum absolute atomic E-state index is 0. The number of carboxylic acid groups (broad SMARTS) is 1. The van der Waals surface area contributed by atoms with E-state index in [0.29, 0.717) is 11.1 Å². The number of carbonyl (C=O) groups is 1. The van der Waals surface area contributed by atoms with Gasteiger partial charge in [0.25, 0.3) is 0 Å². The molecule has 0 aliphatic heterocycles. The van der Waals surface area contributed by atoms with Crippen molar-refractivity contribution in [1.29, 1.82) is 0 Å². The number of aromatic carboxylic acids is 1. The molecule has 0 aliphatic rings. The summed E-state index contributed by atoms with van der Waals surface area (Å²) in [6, 6.07) is 15.2. The van der Waals surface area contributed by atoms with E-state index in [4.69, 9.17) is 4.42 Å². The van der Waals surface area contributed by atoms with Crippen LogP contribution in [0.25, 0.3) is 22.3 Å². The van der Waals surface area contributed by atoms with E-state index in [1.807, 2.05) is 0 Å². The van der Waals surface area contributed by atoms with E-state index in [1.54, 1.807) is 48.5 Å². The minimum Gasteiger partial charge on any atom is -0.545 e. The van der Waals surface area contributed by atoms with Gasteiger partial charge in [0, 0.05) is 5.56 Å². The van der Waals surface area contributed by atoms with Gasteiger partial charge in [0.15, 0.2) is 0 Å². The molecule has 4 nitrogen and oxygen atoms in total. The van der Waals surface area contributed by atoms with Crippen LogP contribution >= 0.6 is 0 Å². The molecule has 0 atom stereocenters. The van der Waals surface area contributed by atoms with Crippen LogP contribution in [-0.2, 0) is 0 Å². The summed E-state index contributed by atoms with van der Waals surface area (Å²) in [6.07, 6.45) is 0. The molecule has 3 rings (SSSR count). The number of benzene rings is 2. The van der Waals surface area contributed by atoms with Crippen molar-refractivity contribution >= 4 is 16.9 Å². The van der Waals surface area contributed by atoms with Gasteiger partial charge in [-0.05, 0) is 12.1 Å². The van der Waals surface area contributed by atoms with E-state index >= 15 is 0 Å². The molecule has 0 unspecified atom stereocenters. The van der Waals surface area contributed by atoms with Crippen LogP contribution in [0.2, 0.25) is 0 Å². The zero-order valence-corrected chi connectivity index (χ0v) is 13.3. The van der Waals surface area contributed by atoms with E-state index in [2.05, 4.69) is 0 Å². The van der Waals surface area contributed by atoms with Gasteiger partial charge in [-0.15, -0.1) is 0 Å². The Bertz CT molecular complexity index is 853. The first-order valence-electron chi connectivity index (χ1n) is 6.01. The van der Waals surface area contributed by atoms with E-state index < -0.39 is 17.0 Å². The summed E-state index contributed by atoms with van der Waals surface area (Å²) in [5.74, 6) is -1.52. The van der Waals surface area contributed by atoms with Gasteiger partial charge in [0.1, 0.15) is 11.3 Å². The van der Waals surface area contributed by atoms with E-state index in [1.165, 1.54) is 6.07 Å². The third-order valence-corrected chi connectivity index (χ3v) is 3.04. The van der Waals surface area contributed by atoms with Crippen molar-refractivity contribution < 1.29 is 43.9 Å².